The van der Waals surface area contributed by atoms with Gasteiger partial charge in [0.1, 0.15) is 5.82 Å². The lowest BCUT2D eigenvalue weighted by molar-refractivity contribution is 0.330. The van der Waals surface area contributed by atoms with Gasteiger partial charge in [0.05, 0.1) is 12.6 Å². The van der Waals surface area contributed by atoms with Crippen LogP contribution in [0.1, 0.15) is 49.4 Å². The number of aryl methyl sites for hydroxylation is 1. The Kier molecular flexibility index (Phi) is 4.88. The number of hydrogen-bond acceptors (Lipinski definition) is 2. The minimum Gasteiger partial charge on any atom is -0.392 e. The molecule has 140 valence electrons. The number of aliphatic hydroxyl groups excluding tert-OH is 1. The van der Waals surface area contributed by atoms with Crippen molar-refractivity contribution in [3.63, 3.8) is 0 Å². The summed E-state index contributed by atoms with van der Waals surface area (Å²) in [6, 6.07) is 15.4. The molecule has 27 heavy (non-hydrogen) atoms. The Labute approximate surface area is 160 Å². The lowest BCUT2D eigenvalue weighted by Crippen LogP contribution is -2.32. The van der Waals surface area contributed by atoms with Crippen molar-refractivity contribution in [1.29, 1.82) is 0 Å². The SMILES string of the molecule is CC(C)C1=C(CO)C(c2ccc(F)cc2)=C2CCCc3ccccc3C2N1. The van der Waals surface area contributed by atoms with Crippen LogP contribution in [0.4, 0.5) is 4.39 Å². The predicted molar refractivity (Wildman–Crippen MR) is 108 cm³/mol. The van der Waals surface area contributed by atoms with Gasteiger partial charge in [0.25, 0.3) is 0 Å². The third-order valence-electron chi connectivity index (χ3n) is 5.72. The molecule has 1 heterocycles. The predicted octanol–water partition coefficient (Wildman–Crippen LogP) is 5.16. The zero-order valence-electron chi connectivity index (χ0n) is 15.9. The van der Waals surface area contributed by atoms with Gasteiger partial charge in [-0.1, -0.05) is 50.2 Å². The largest absolute Gasteiger partial charge is 0.392 e. The molecule has 2 N–H and O–H groups in total. The summed E-state index contributed by atoms with van der Waals surface area (Å²) in [5, 5.41) is 14.0. The fourth-order valence-corrected chi connectivity index (χ4v) is 4.51. The first-order chi connectivity index (χ1) is 13.1. The minimum atomic E-state index is -0.236. The van der Waals surface area contributed by atoms with Gasteiger partial charge in [-0.3, -0.25) is 0 Å². The smallest absolute Gasteiger partial charge is 0.123 e. The van der Waals surface area contributed by atoms with Gasteiger partial charge < -0.3 is 10.4 Å². The van der Waals surface area contributed by atoms with Crippen LogP contribution in [-0.2, 0) is 6.42 Å². The van der Waals surface area contributed by atoms with Crippen molar-refractivity contribution < 1.29 is 9.50 Å². The number of aliphatic hydroxyl groups is 1. The summed E-state index contributed by atoms with van der Waals surface area (Å²) in [4.78, 5) is 0. The molecule has 4 rings (SSSR count). The molecule has 2 nitrogen and oxygen atoms in total. The van der Waals surface area contributed by atoms with Crippen molar-refractivity contribution >= 4 is 5.57 Å². The molecule has 0 spiro atoms. The number of rotatable bonds is 3. The molecular formula is C24H26FNO. The zero-order chi connectivity index (χ0) is 19.0. The van der Waals surface area contributed by atoms with Crippen molar-refractivity contribution in [3.8, 4) is 0 Å². The van der Waals surface area contributed by atoms with Crippen LogP contribution < -0.4 is 5.32 Å². The van der Waals surface area contributed by atoms with Gasteiger partial charge in [0.15, 0.2) is 0 Å². The van der Waals surface area contributed by atoms with E-state index in [0.29, 0.717) is 0 Å². The van der Waals surface area contributed by atoms with Crippen LogP contribution in [0.3, 0.4) is 0 Å². The average molecular weight is 363 g/mol. The highest BCUT2D eigenvalue weighted by Gasteiger charge is 2.33. The van der Waals surface area contributed by atoms with Crippen molar-refractivity contribution in [2.45, 2.75) is 39.2 Å². The number of benzene rings is 2. The van der Waals surface area contributed by atoms with Gasteiger partial charge in [-0.25, -0.2) is 4.39 Å². The topological polar surface area (TPSA) is 32.3 Å². The van der Waals surface area contributed by atoms with E-state index >= 15 is 0 Å². The van der Waals surface area contributed by atoms with E-state index in [-0.39, 0.29) is 24.4 Å². The maximum atomic E-state index is 13.5. The van der Waals surface area contributed by atoms with Gasteiger partial charge in [-0.2, -0.15) is 0 Å². The second-order valence-corrected chi connectivity index (χ2v) is 7.74. The Bertz CT molecular complexity index is 908. The highest BCUT2D eigenvalue weighted by Crippen LogP contribution is 2.45. The fourth-order valence-electron chi connectivity index (χ4n) is 4.51. The summed E-state index contributed by atoms with van der Waals surface area (Å²) in [6.07, 6.45) is 3.10. The van der Waals surface area contributed by atoms with Crippen LogP contribution in [0, 0.1) is 11.7 Å². The maximum Gasteiger partial charge on any atom is 0.123 e. The average Bonchev–Trinajstić information content (AvgIpc) is 2.86. The molecule has 1 unspecified atom stereocenters. The second-order valence-electron chi connectivity index (χ2n) is 7.74. The summed E-state index contributed by atoms with van der Waals surface area (Å²) in [5.74, 6) is 0.0271. The standard InChI is InChI=1S/C24H26FNO/c1-15(2)23-21(14-27)22(17-10-12-18(25)13-11-17)20-9-5-7-16-6-3-4-8-19(16)24(20)26-23/h3-4,6,8,10-13,15,24,26-27H,5,7,9,14H2,1-2H3. The van der Waals surface area contributed by atoms with Crippen LogP contribution in [-0.4, -0.2) is 11.7 Å². The van der Waals surface area contributed by atoms with E-state index in [1.54, 1.807) is 0 Å². The van der Waals surface area contributed by atoms with E-state index in [1.165, 1.54) is 28.8 Å². The Morgan fingerprint density at radius 1 is 1.07 bits per heavy atom. The molecule has 0 fully saturated rings. The van der Waals surface area contributed by atoms with Crippen molar-refractivity contribution in [3.05, 3.63) is 87.9 Å². The number of nitrogens with one attached hydrogen (secondary N) is 1. The van der Waals surface area contributed by atoms with Gasteiger partial charge in [-0.15, -0.1) is 0 Å². The van der Waals surface area contributed by atoms with E-state index in [1.807, 2.05) is 12.1 Å². The van der Waals surface area contributed by atoms with Crippen LogP contribution in [0.15, 0.2) is 65.4 Å². The van der Waals surface area contributed by atoms with E-state index in [4.69, 9.17) is 0 Å². The van der Waals surface area contributed by atoms with Crippen LogP contribution >= 0.6 is 0 Å². The molecule has 0 aromatic heterocycles. The lowest BCUT2D eigenvalue weighted by atomic mass is 9.80. The van der Waals surface area contributed by atoms with Crippen LogP contribution in [0.5, 0.6) is 0 Å². The molecule has 0 saturated carbocycles. The Hall–Kier alpha value is -2.39. The summed E-state index contributed by atoms with van der Waals surface area (Å²) < 4.78 is 13.5. The van der Waals surface area contributed by atoms with E-state index < -0.39 is 0 Å². The van der Waals surface area contributed by atoms with Crippen molar-refractivity contribution in [2.24, 2.45) is 5.92 Å². The molecule has 3 heteroatoms. The molecule has 0 radical (unpaired) electrons. The zero-order valence-corrected chi connectivity index (χ0v) is 15.9. The van der Waals surface area contributed by atoms with Gasteiger partial charge in [0.2, 0.25) is 0 Å². The summed E-state index contributed by atoms with van der Waals surface area (Å²) in [7, 11) is 0. The van der Waals surface area contributed by atoms with Gasteiger partial charge in [-0.05, 0) is 65.1 Å². The number of halogens is 1. The van der Waals surface area contributed by atoms with Crippen LogP contribution in [0.2, 0.25) is 0 Å². The molecule has 0 amide bonds. The summed E-state index contributed by atoms with van der Waals surface area (Å²) >= 11 is 0. The Morgan fingerprint density at radius 2 is 1.81 bits per heavy atom. The molecule has 1 aliphatic heterocycles. The molecule has 2 aromatic carbocycles. The van der Waals surface area contributed by atoms with E-state index in [2.05, 4.69) is 43.4 Å². The first kappa shape index (κ1) is 18.0. The molecule has 0 bridgehead atoms. The van der Waals surface area contributed by atoms with Crippen molar-refractivity contribution in [1.82, 2.24) is 5.32 Å². The first-order valence-electron chi connectivity index (χ1n) is 9.77. The van der Waals surface area contributed by atoms with E-state index in [9.17, 15) is 9.50 Å². The second kappa shape index (κ2) is 7.32. The number of allylic oxidation sites excluding steroid dienone is 1. The number of fused-ring (bicyclic) bond motifs is 3. The number of dihydropyridines is 1. The fraction of sp³-hybridized carbons (Fsp3) is 0.333. The highest BCUT2D eigenvalue weighted by atomic mass is 19.1. The Morgan fingerprint density at radius 3 is 2.52 bits per heavy atom. The molecule has 1 atom stereocenters. The highest BCUT2D eigenvalue weighted by molar-refractivity contribution is 5.85. The van der Waals surface area contributed by atoms with Crippen LogP contribution in [0.25, 0.3) is 5.57 Å². The molecule has 0 saturated heterocycles. The van der Waals surface area contributed by atoms with Gasteiger partial charge in [0, 0.05) is 11.3 Å². The third kappa shape index (κ3) is 3.21. The first-order valence-corrected chi connectivity index (χ1v) is 9.77. The quantitative estimate of drug-likeness (QED) is 0.789. The monoisotopic (exact) mass is 363 g/mol. The lowest BCUT2D eigenvalue weighted by Gasteiger charge is -2.36. The minimum absolute atomic E-state index is 0.0227. The molecular weight excluding hydrogens is 337 g/mol. The van der Waals surface area contributed by atoms with Crippen molar-refractivity contribution in [2.75, 3.05) is 6.61 Å². The molecule has 1 aliphatic carbocycles. The molecule has 2 aliphatic rings. The number of hydrogen-bond donors (Lipinski definition) is 2. The maximum absolute atomic E-state index is 13.5. The van der Waals surface area contributed by atoms with E-state index in [0.717, 1.165) is 41.7 Å². The molecule has 2 aromatic rings. The Balaban J connectivity index is 1.97. The summed E-state index contributed by atoms with van der Waals surface area (Å²) in [6.45, 7) is 4.27. The third-order valence-corrected chi connectivity index (χ3v) is 5.72. The normalized spacial score (nSPS) is 19.5. The van der Waals surface area contributed by atoms with Gasteiger partial charge >= 0.3 is 0 Å². The summed E-state index contributed by atoms with van der Waals surface area (Å²) in [5.41, 5.74) is 8.13.